The lowest BCUT2D eigenvalue weighted by molar-refractivity contribution is -0.187. The first kappa shape index (κ1) is 19.5. The zero-order valence-corrected chi connectivity index (χ0v) is 13.9. The van der Waals surface area contributed by atoms with Gasteiger partial charge in [-0.2, -0.15) is 13.2 Å². The smallest absolute Gasteiger partial charge is 0.394 e. The second kappa shape index (κ2) is 7.77. The maximum absolute atomic E-state index is 12.9. The summed E-state index contributed by atoms with van der Waals surface area (Å²) in [5.74, 6) is -0.229. The highest BCUT2D eigenvalue weighted by Gasteiger charge is 2.45. The van der Waals surface area contributed by atoms with Crippen LogP contribution < -0.4 is 5.32 Å². The molecule has 1 saturated heterocycles. The molecule has 2 heterocycles. The number of alkyl halides is 3. The molecule has 4 N–H and O–H groups in total. The first-order chi connectivity index (χ1) is 12.8. The molecule has 27 heavy (non-hydrogen) atoms. The third kappa shape index (κ3) is 4.19. The number of hydrogen-bond acceptors (Lipinski definition) is 7. The molecule has 146 valence electrons. The Morgan fingerprint density at radius 3 is 2.41 bits per heavy atom. The van der Waals surface area contributed by atoms with E-state index >= 15 is 0 Å². The maximum atomic E-state index is 12.9. The minimum absolute atomic E-state index is 0.229. The molecule has 3 rings (SSSR count). The van der Waals surface area contributed by atoms with E-state index in [1.165, 1.54) is 0 Å². The summed E-state index contributed by atoms with van der Waals surface area (Å²) in [5, 5.41) is 32.7. The largest absolute Gasteiger partial charge is 0.434 e. The van der Waals surface area contributed by atoms with Gasteiger partial charge in [0, 0.05) is 0 Å². The Bertz CT molecular complexity index is 763. The number of nitrogens with zero attached hydrogens (tertiary/aromatic N) is 2. The molecule has 2 aromatic rings. The van der Waals surface area contributed by atoms with Crippen LogP contribution in [0.2, 0.25) is 0 Å². The van der Waals surface area contributed by atoms with Crippen molar-refractivity contribution in [2.75, 3.05) is 11.9 Å². The molecular weight excluding hydrogens is 367 g/mol. The number of aliphatic hydroxyl groups is 3. The van der Waals surface area contributed by atoms with Gasteiger partial charge in [0.05, 0.1) is 25.0 Å². The summed E-state index contributed by atoms with van der Waals surface area (Å²) in [6, 6.07) is 7.60. The van der Waals surface area contributed by atoms with E-state index in [-0.39, 0.29) is 5.82 Å². The zero-order valence-electron chi connectivity index (χ0n) is 13.9. The summed E-state index contributed by atoms with van der Waals surface area (Å²) in [7, 11) is 0. The van der Waals surface area contributed by atoms with Crippen molar-refractivity contribution in [3.05, 3.63) is 54.0 Å². The van der Waals surface area contributed by atoms with Crippen molar-refractivity contribution in [2.24, 2.45) is 0 Å². The predicted octanol–water partition coefficient (Wildman–Crippen LogP) is 1.13. The van der Waals surface area contributed by atoms with Crippen LogP contribution in [0.3, 0.4) is 0 Å². The van der Waals surface area contributed by atoms with Crippen LogP contribution in [-0.4, -0.2) is 56.2 Å². The van der Waals surface area contributed by atoms with Crippen molar-refractivity contribution in [1.29, 1.82) is 0 Å². The van der Waals surface area contributed by atoms with Crippen LogP contribution in [0.5, 0.6) is 0 Å². The van der Waals surface area contributed by atoms with Crippen molar-refractivity contribution in [1.82, 2.24) is 9.97 Å². The van der Waals surface area contributed by atoms with Crippen LogP contribution in [0.1, 0.15) is 17.4 Å². The van der Waals surface area contributed by atoms with E-state index < -0.39 is 48.9 Å². The first-order valence-corrected chi connectivity index (χ1v) is 8.14. The Kier molecular flexibility index (Phi) is 5.61. The van der Waals surface area contributed by atoms with Crippen LogP contribution in [0.25, 0.3) is 0 Å². The fraction of sp³-hybridized carbons (Fsp3) is 0.412. The molecule has 1 aliphatic heterocycles. The minimum Gasteiger partial charge on any atom is -0.394 e. The molecule has 0 bridgehead atoms. The molecule has 0 radical (unpaired) electrons. The minimum atomic E-state index is -4.67. The average molecular weight is 385 g/mol. The quantitative estimate of drug-likeness (QED) is 0.625. The van der Waals surface area contributed by atoms with Crippen molar-refractivity contribution in [3.8, 4) is 0 Å². The summed E-state index contributed by atoms with van der Waals surface area (Å²) in [6.45, 7) is -0.530. The molecule has 1 aromatic carbocycles. The topological polar surface area (TPSA) is 108 Å². The number of anilines is 1. The van der Waals surface area contributed by atoms with Crippen molar-refractivity contribution < 1.29 is 33.2 Å². The van der Waals surface area contributed by atoms with E-state index in [0.717, 1.165) is 6.20 Å². The SMILES string of the molecule is OC[C@H]1O[C@H](c2ccccc2)[C@H](Nc2cncc(C(F)(F)F)n2)[C@@H](O)[C@H]1O. The number of ether oxygens (including phenoxy) is 1. The monoisotopic (exact) mass is 385 g/mol. The van der Waals surface area contributed by atoms with Crippen LogP contribution in [0, 0.1) is 0 Å². The van der Waals surface area contributed by atoms with Gasteiger partial charge in [0.1, 0.15) is 30.2 Å². The van der Waals surface area contributed by atoms with Gasteiger partial charge in [-0.3, -0.25) is 4.98 Å². The van der Waals surface area contributed by atoms with E-state index in [0.29, 0.717) is 11.8 Å². The fourth-order valence-corrected chi connectivity index (χ4v) is 2.95. The van der Waals surface area contributed by atoms with Crippen LogP contribution >= 0.6 is 0 Å². The van der Waals surface area contributed by atoms with Gasteiger partial charge in [-0.15, -0.1) is 0 Å². The highest BCUT2D eigenvalue weighted by atomic mass is 19.4. The van der Waals surface area contributed by atoms with Crippen molar-refractivity contribution in [2.45, 2.75) is 36.6 Å². The number of aromatic nitrogens is 2. The van der Waals surface area contributed by atoms with Gasteiger partial charge in [-0.05, 0) is 5.56 Å². The molecule has 0 saturated carbocycles. The first-order valence-electron chi connectivity index (χ1n) is 8.14. The molecule has 5 atom stereocenters. The van der Waals surface area contributed by atoms with E-state index in [2.05, 4.69) is 15.3 Å². The normalized spacial score (nSPS) is 28.7. The molecule has 1 fully saturated rings. The average Bonchev–Trinajstić information content (AvgIpc) is 2.66. The van der Waals surface area contributed by atoms with E-state index in [1.807, 2.05) is 0 Å². The molecule has 7 nitrogen and oxygen atoms in total. The predicted molar refractivity (Wildman–Crippen MR) is 87.6 cm³/mol. The summed E-state index contributed by atoms with van der Waals surface area (Å²) >= 11 is 0. The molecule has 0 unspecified atom stereocenters. The van der Waals surface area contributed by atoms with Crippen LogP contribution in [0.4, 0.5) is 19.0 Å². The fourth-order valence-electron chi connectivity index (χ4n) is 2.95. The van der Waals surface area contributed by atoms with E-state index in [1.54, 1.807) is 30.3 Å². The Hall–Kier alpha value is -2.27. The third-order valence-electron chi connectivity index (χ3n) is 4.29. The molecule has 1 aromatic heterocycles. The number of aliphatic hydroxyl groups excluding tert-OH is 3. The van der Waals surface area contributed by atoms with Gasteiger partial charge >= 0.3 is 6.18 Å². The summed E-state index contributed by atoms with van der Waals surface area (Å²) in [5.41, 5.74) is -0.580. The maximum Gasteiger partial charge on any atom is 0.434 e. The van der Waals surface area contributed by atoms with Gasteiger partial charge in [-0.25, -0.2) is 4.98 Å². The van der Waals surface area contributed by atoms with Gasteiger partial charge in [-0.1, -0.05) is 30.3 Å². The lowest BCUT2D eigenvalue weighted by atomic mass is 9.89. The Balaban J connectivity index is 1.92. The lowest BCUT2D eigenvalue weighted by Gasteiger charge is -2.43. The molecule has 0 amide bonds. The summed E-state index contributed by atoms with van der Waals surface area (Å²) < 4.78 is 44.2. The number of halogens is 3. The molecule has 10 heteroatoms. The number of nitrogens with one attached hydrogen (secondary N) is 1. The zero-order chi connectivity index (χ0) is 19.6. The third-order valence-corrected chi connectivity index (χ3v) is 4.29. The van der Waals surface area contributed by atoms with Gasteiger partial charge in [0.2, 0.25) is 0 Å². The number of hydrogen-bond donors (Lipinski definition) is 4. The highest BCUT2D eigenvalue weighted by molar-refractivity contribution is 5.37. The van der Waals surface area contributed by atoms with Gasteiger partial charge < -0.3 is 25.4 Å². The van der Waals surface area contributed by atoms with Crippen LogP contribution in [0.15, 0.2) is 42.7 Å². The number of benzene rings is 1. The standard InChI is InChI=1S/C17H18F3N3O4/c18-17(19,20)11-6-21-7-12(22-11)23-13-15(26)14(25)10(8-24)27-16(13)9-4-2-1-3-5-9/h1-7,10,13-16,24-26H,8H2,(H,22,23)/t10-,13-,14+,15-,16-/m1/s1. The van der Waals surface area contributed by atoms with E-state index in [9.17, 15) is 28.5 Å². The second-order valence-electron chi connectivity index (χ2n) is 6.13. The Morgan fingerprint density at radius 1 is 1.07 bits per heavy atom. The van der Waals surface area contributed by atoms with Crippen molar-refractivity contribution in [3.63, 3.8) is 0 Å². The molecule has 0 aliphatic carbocycles. The number of rotatable bonds is 4. The van der Waals surface area contributed by atoms with Gasteiger partial charge in [0.15, 0.2) is 5.69 Å². The van der Waals surface area contributed by atoms with E-state index in [4.69, 9.17) is 4.74 Å². The lowest BCUT2D eigenvalue weighted by Crippen LogP contribution is -2.57. The Labute approximate surface area is 152 Å². The summed E-state index contributed by atoms with van der Waals surface area (Å²) in [4.78, 5) is 6.99. The van der Waals surface area contributed by atoms with Crippen LogP contribution in [-0.2, 0) is 10.9 Å². The molecule has 1 aliphatic rings. The van der Waals surface area contributed by atoms with Crippen molar-refractivity contribution >= 4 is 5.82 Å². The molecular formula is C17H18F3N3O4. The summed E-state index contributed by atoms with van der Waals surface area (Å²) in [6.07, 6.45) is -7.77. The molecule has 0 spiro atoms. The Morgan fingerprint density at radius 2 is 1.78 bits per heavy atom. The highest BCUT2D eigenvalue weighted by Crippen LogP contribution is 2.34. The second-order valence-corrected chi connectivity index (χ2v) is 6.13. The van der Waals surface area contributed by atoms with Gasteiger partial charge in [0.25, 0.3) is 0 Å².